The summed E-state index contributed by atoms with van der Waals surface area (Å²) in [4.78, 5) is 0.341. The molecule has 1 aromatic carbocycles. The summed E-state index contributed by atoms with van der Waals surface area (Å²) in [6, 6.07) is 5.75. The number of halogens is 3. The Kier molecular flexibility index (Phi) is 3.94. The van der Waals surface area contributed by atoms with Gasteiger partial charge in [0.2, 0.25) is 0 Å². The zero-order chi connectivity index (χ0) is 12.7. The fourth-order valence-electron chi connectivity index (χ4n) is 3.81. The molecule has 0 nitrogen and oxygen atoms in total. The lowest BCUT2D eigenvalue weighted by atomic mass is 9.84. The maximum Gasteiger partial charge on any atom is 0.0450 e. The van der Waals surface area contributed by atoms with Crippen molar-refractivity contribution in [2.24, 2.45) is 17.8 Å². The van der Waals surface area contributed by atoms with E-state index in [1.54, 1.807) is 0 Å². The number of fused-ring (bicyclic) bond motifs is 2. The van der Waals surface area contributed by atoms with Crippen LogP contribution in [-0.4, -0.2) is 0 Å². The Balaban J connectivity index is 1.71. The molecule has 18 heavy (non-hydrogen) atoms. The minimum Gasteiger partial charge on any atom is -0.0843 e. The van der Waals surface area contributed by atoms with Gasteiger partial charge >= 0.3 is 0 Å². The van der Waals surface area contributed by atoms with E-state index in [1.807, 2.05) is 18.2 Å². The molecule has 3 heteroatoms. The summed E-state index contributed by atoms with van der Waals surface area (Å²) in [6.07, 6.45) is 6.99. The maximum atomic E-state index is 6.27. The van der Waals surface area contributed by atoms with Gasteiger partial charge in [-0.1, -0.05) is 45.6 Å². The van der Waals surface area contributed by atoms with Crippen molar-refractivity contribution in [3.8, 4) is 0 Å². The zero-order valence-corrected chi connectivity index (χ0v) is 13.3. The van der Waals surface area contributed by atoms with Crippen molar-refractivity contribution in [3.63, 3.8) is 0 Å². The molecule has 4 unspecified atom stereocenters. The molecule has 0 spiro atoms. The quantitative estimate of drug-likeness (QED) is 0.566. The molecule has 0 aliphatic heterocycles. The van der Waals surface area contributed by atoms with Crippen LogP contribution in [0, 0.1) is 17.8 Å². The largest absolute Gasteiger partial charge is 0.0843 e. The van der Waals surface area contributed by atoms with Crippen LogP contribution >= 0.6 is 39.1 Å². The fraction of sp³-hybridized carbons (Fsp3) is 0.600. The summed E-state index contributed by atoms with van der Waals surface area (Å²) in [7, 11) is 0. The lowest BCUT2D eigenvalue weighted by Crippen LogP contribution is -2.12. The summed E-state index contributed by atoms with van der Waals surface area (Å²) >= 11 is 16.1. The summed E-state index contributed by atoms with van der Waals surface area (Å²) < 4.78 is 0. The molecular weight excluding hydrogens is 331 g/mol. The lowest BCUT2D eigenvalue weighted by Gasteiger charge is -2.24. The first-order valence-corrected chi connectivity index (χ1v) is 8.39. The van der Waals surface area contributed by atoms with Crippen LogP contribution in [0.4, 0.5) is 0 Å². The highest BCUT2D eigenvalue weighted by atomic mass is 79.9. The normalized spacial score (nSPS) is 31.8. The first-order chi connectivity index (χ1) is 8.63. The van der Waals surface area contributed by atoms with Crippen molar-refractivity contribution in [1.29, 1.82) is 0 Å². The Bertz CT molecular complexity index is 446. The third-order valence-corrected chi connectivity index (χ3v) is 6.14. The van der Waals surface area contributed by atoms with E-state index in [2.05, 4.69) is 15.9 Å². The van der Waals surface area contributed by atoms with Gasteiger partial charge in [0, 0.05) is 14.9 Å². The van der Waals surface area contributed by atoms with Crippen LogP contribution in [0.25, 0.3) is 0 Å². The monoisotopic (exact) mass is 346 g/mol. The van der Waals surface area contributed by atoms with Gasteiger partial charge < -0.3 is 0 Å². The number of hydrogen-bond acceptors (Lipinski definition) is 0. The van der Waals surface area contributed by atoms with Gasteiger partial charge in [-0.3, -0.25) is 0 Å². The summed E-state index contributed by atoms with van der Waals surface area (Å²) in [5.74, 6) is 2.85. The van der Waals surface area contributed by atoms with Gasteiger partial charge in [-0.2, -0.15) is 0 Å². The topological polar surface area (TPSA) is 0 Å². The van der Waals surface area contributed by atoms with Crippen LogP contribution in [0.3, 0.4) is 0 Å². The van der Waals surface area contributed by atoms with E-state index in [0.717, 1.165) is 33.4 Å². The second-order valence-electron chi connectivity index (χ2n) is 5.80. The SMILES string of the molecule is Clc1ccc(Cl)c(C(Br)CC2CC3CCC2C3)c1. The molecule has 1 aromatic rings. The predicted octanol–water partition coefficient (Wildman–Crippen LogP) is 6.26. The van der Waals surface area contributed by atoms with Gasteiger partial charge in [-0.05, 0) is 67.2 Å². The van der Waals surface area contributed by atoms with Gasteiger partial charge in [-0.25, -0.2) is 0 Å². The van der Waals surface area contributed by atoms with Crippen LogP contribution in [-0.2, 0) is 0 Å². The number of rotatable bonds is 3. The van der Waals surface area contributed by atoms with Crippen molar-refractivity contribution in [1.82, 2.24) is 0 Å². The Morgan fingerprint density at radius 2 is 2.06 bits per heavy atom. The van der Waals surface area contributed by atoms with Crippen LogP contribution < -0.4 is 0 Å². The minimum atomic E-state index is 0.341. The Morgan fingerprint density at radius 1 is 1.22 bits per heavy atom. The Labute approximate surface area is 127 Å². The first kappa shape index (κ1) is 13.3. The molecule has 0 aromatic heterocycles. The number of alkyl halides is 1. The molecule has 2 aliphatic carbocycles. The average Bonchev–Trinajstić information content (AvgIpc) is 2.94. The molecule has 2 saturated carbocycles. The fourth-order valence-corrected chi connectivity index (χ4v) is 5.23. The second kappa shape index (κ2) is 5.34. The summed E-state index contributed by atoms with van der Waals surface area (Å²) in [5, 5.41) is 1.59. The highest BCUT2D eigenvalue weighted by Crippen LogP contribution is 2.52. The van der Waals surface area contributed by atoms with Gasteiger partial charge in [0.15, 0.2) is 0 Å². The van der Waals surface area contributed by atoms with Crippen molar-refractivity contribution in [3.05, 3.63) is 33.8 Å². The molecule has 98 valence electrons. The van der Waals surface area contributed by atoms with Gasteiger partial charge in [-0.15, -0.1) is 0 Å². The van der Waals surface area contributed by atoms with E-state index in [-0.39, 0.29) is 0 Å². The van der Waals surface area contributed by atoms with E-state index in [0.29, 0.717) is 4.83 Å². The lowest BCUT2D eigenvalue weighted by molar-refractivity contribution is 0.314. The van der Waals surface area contributed by atoms with E-state index in [4.69, 9.17) is 23.2 Å². The molecule has 0 saturated heterocycles. The standard InChI is InChI=1S/C15H17BrCl2/c16-14(13-8-12(17)3-4-15(13)18)7-11-6-9-1-2-10(11)5-9/h3-4,8-11,14H,1-2,5-7H2. The van der Waals surface area contributed by atoms with E-state index < -0.39 is 0 Å². The van der Waals surface area contributed by atoms with Crippen LogP contribution in [0.1, 0.15) is 42.5 Å². The molecule has 2 aliphatic rings. The van der Waals surface area contributed by atoms with E-state index >= 15 is 0 Å². The van der Waals surface area contributed by atoms with Crippen LogP contribution in [0.2, 0.25) is 10.0 Å². The molecular formula is C15H17BrCl2. The number of hydrogen-bond donors (Lipinski definition) is 0. The molecule has 0 radical (unpaired) electrons. The molecule has 0 N–H and O–H groups in total. The first-order valence-electron chi connectivity index (χ1n) is 6.72. The predicted molar refractivity (Wildman–Crippen MR) is 81.7 cm³/mol. The molecule has 2 fully saturated rings. The molecule has 0 heterocycles. The maximum absolute atomic E-state index is 6.27. The Morgan fingerprint density at radius 3 is 2.72 bits per heavy atom. The highest BCUT2D eigenvalue weighted by Gasteiger charge is 2.40. The molecule has 0 amide bonds. The molecule has 4 atom stereocenters. The summed E-state index contributed by atoms with van der Waals surface area (Å²) in [6.45, 7) is 0. The smallest absolute Gasteiger partial charge is 0.0450 e. The second-order valence-corrected chi connectivity index (χ2v) is 7.75. The third kappa shape index (κ3) is 2.59. The highest BCUT2D eigenvalue weighted by molar-refractivity contribution is 9.09. The van der Waals surface area contributed by atoms with Crippen molar-refractivity contribution in [2.45, 2.75) is 36.9 Å². The van der Waals surface area contributed by atoms with Gasteiger partial charge in [0.25, 0.3) is 0 Å². The Hall–Kier alpha value is 0.280. The van der Waals surface area contributed by atoms with Crippen LogP contribution in [0.15, 0.2) is 18.2 Å². The van der Waals surface area contributed by atoms with Gasteiger partial charge in [0.1, 0.15) is 0 Å². The summed E-state index contributed by atoms with van der Waals surface area (Å²) in [5.41, 5.74) is 1.15. The van der Waals surface area contributed by atoms with Gasteiger partial charge in [0.05, 0.1) is 0 Å². The van der Waals surface area contributed by atoms with Crippen molar-refractivity contribution >= 4 is 39.1 Å². The van der Waals surface area contributed by atoms with E-state index in [1.165, 1.54) is 32.1 Å². The average molecular weight is 348 g/mol. The molecule has 3 rings (SSSR count). The van der Waals surface area contributed by atoms with E-state index in [9.17, 15) is 0 Å². The van der Waals surface area contributed by atoms with Crippen molar-refractivity contribution in [2.75, 3.05) is 0 Å². The third-order valence-electron chi connectivity index (χ3n) is 4.69. The van der Waals surface area contributed by atoms with Crippen LogP contribution in [0.5, 0.6) is 0 Å². The number of benzene rings is 1. The zero-order valence-electron chi connectivity index (χ0n) is 10.2. The van der Waals surface area contributed by atoms with Crippen molar-refractivity contribution < 1.29 is 0 Å². The molecule has 2 bridgehead atoms. The minimum absolute atomic E-state index is 0.341.